The zero-order valence-corrected chi connectivity index (χ0v) is 14.1. The summed E-state index contributed by atoms with van der Waals surface area (Å²) in [4.78, 5) is 25.9. The van der Waals surface area contributed by atoms with Crippen LogP contribution >= 0.6 is 12.4 Å². The summed E-state index contributed by atoms with van der Waals surface area (Å²) in [6, 6.07) is 14.1. The summed E-state index contributed by atoms with van der Waals surface area (Å²) in [7, 11) is 1.61. The third-order valence-corrected chi connectivity index (χ3v) is 3.93. The molecule has 1 heterocycles. The highest BCUT2D eigenvalue weighted by Gasteiger charge is 2.35. The van der Waals surface area contributed by atoms with Crippen LogP contribution in [0.1, 0.15) is 26.3 Å². The lowest BCUT2D eigenvalue weighted by molar-refractivity contribution is 0.0644. The minimum atomic E-state index is -0.329. The van der Waals surface area contributed by atoms with Gasteiger partial charge in [0.05, 0.1) is 18.2 Å². The van der Waals surface area contributed by atoms with Gasteiger partial charge in [0.15, 0.2) is 0 Å². The number of amides is 2. The molecule has 1 atom stereocenters. The van der Waals surface area contributed by atoms with Crippen LogP contribution in [0.5, 0.6) is 5.75 Å². The number of carbonyl (C=O) groups excluding carboxylic acids is 2. The SMILES string of the molecule is COc1cccc(CC(N)CN2C(=O)c3ccccc3C2=O)c1.Cl. The van der Waals surface area contributed by atoms with Crippen molar-refractivity contribution in [1.29, 1.82) is 0 Å². The van der Waals surface area contributed by atoms with Crippen LogP contribution in [-0.2, 0) is 6.42 Å². The number of benzene rings is 2. The molecule has 6 heteroatoms. The number of nitrogens with two attached hydrogens (primary N) is 1. The van der Waals surface area contributed by atoms with Gasteiger partial charge in [0, 0.05) is 12.6 Å². The van der Waals surface area contributed by atoms with Gasteiger partial charge in [0.25, 0.3) is 11.8 Å². The standard InChI is InChI=1S/C18H18N2O3.ClH/c1-23-14-6-4-5-12(10-14)9-13(19)11-20-17(21)15-7-2-3-8-16(15)18(20)22;/h2-8,10,13H,9,11,19H2,1H3;1H. The Labute approximate surface area is 146 Å². The van der Waals surface area contributed by atoms with Crippen LogP contribution in [0.4, 0.5) is 0 Å². The summed E-state index contributed by atoms with van der Waals surface area (Å²) < 4.78 is 5.19. The zero-order chi connectivity index (χ0) is 16.4. The lowest BCUT2D eigenvalue weighted by Gasteiger charge is -2.19. The van der Waals surface area contributed by atoms with Crippen molar-refractivity contribution in [2.45, 2.75) is 12.5 Å². The molecule has 0 fully saturated rings. The van der Waals surface area contributed by atoms with Gasteiger partial charge in [-0.1, -0.05) is 24.3 Å². The van der Waals surface area contributed by atoms with Crippen LogP contribution in [0.2, 0.25) is 0 Å². The number of nitrogens with zero attached hydrogens (tertiary/aromatic N) is 1. The van der Waals surface area contributed by atoms with Crippen molar-refractivity contribution < 1.29 is 14.3 Å². The van der Waals surface area contributed by atoms with Crippen molar-refractivity contribution >= 4 is 24.2 Å². The van der Waals surface area contributed by atoms with Gasteiger partial charge in [-0.15, -0.1) is 12.4 Å². The van der Waals surface area contributed by atoms with E-state index in [1.165, 1.54) is 4.90 Å². The maximum absolute atomic E-state index is 12.3. The summed E-state index contributed by atoms with van der Waals surface area (Å²) in [6.45, 7) is 0.198. The smallest absolute Gasteiger partial charge is 0.261 e. The molecule has 1 unspecified atom stereocenters. The summed E-state index contributed by atoms with van der Waals surface area (Å²) in [5, 5.41) is 0. The molecule has 1 aliphatic rings. The lowest BCUT2D eigenvalue weighted by Crippen LogP contribution is -2.41. The van der Waals surface area contributed by atoms with Gasteiger partial charge in [0.2, 0.25) is 0 Å². The van der Waals surface area contributed by atoms with E-state index in [9.17, 15) is 9.59 Å². The Morgan fingerprint density at radius 2 is 1.67 bits per heavy atom. The van der Waals surface area contributed by atoms with Gasteiger partial charge in [-0.25, -0.2) is 0 Å². The maximum atomic E-state index is 12.3. The Morgan fingerprint density at radius 1 is 1.04 bits per heavy atom. The van der Waals surface area contributed by atoms with Gasteiger partial charge in [-0.05, 0) is 36.2 Å². The molecule has 1 aliphatic heterocycles. The molecule has 0 aromatic heterocycles. The number of imide groups is 1. The van der Waals surface area contributed by atoms with Gasteiger partial charge in [0.1, 0.15) is 5.75 Å². The summed E-state index contributed by atoms with van der Waals surface area (Å²) in [6.07, 6.45) is 0.560. The average Bonchev–Trinajstić information content (AvgIpc) is 2.80. The van der Waals surface area contributed by atoms with E-state index in [0.717, 1.165) is 11.3 Å². The molecule has 0 saturated carbocycles. The van der Waals surface area contributed by atoms with Crippen molar-refractivity contribution in [1.82, 2.24) is 4.90 Å². The first-order chi connectivity index (χ1) is 11.1. The molecule has 0 saturated heterocycles. The molecule has 2 aromatic rings. The minimum Gasteiger partial charge on any atom is -0.497 e. The van der Waals surface area contributed by atoms with Crippen LogP contribution in [0, 0.1) is 0 Å². The van der Waals surface area contributed by atoms with Crippen molar-refractivity contribution in [3.8, 4) is 5.75 Å². The highest BCUT2D eigenvalue weighted by molar-refractivity contribution is 6.21. The molecule has 2 amide bonds. The molecule has 0 bridgehead atoms. The number of hydrogen-bond donors (Lipinski definition) is 1. The fraction of sp³-hybridized carbons (Fsp3) is 0.222. The summed E-state index contributed by atoms with van der Waals surface area (Å²) >= 11 is 0. The van der Waals surface area contributed by atoms with Crippen molar-refractivity contribution in [3.05, 3.63) is 65.2 Å². The van der Waals surface area contributed by atoms with E-state index in [1.807, 2.05) is 24.3 Å². The molecule has 126 valence electrons. The number of ether oxygens (including phenoxy) is 1. The molecule has 0 aliphatic carbocycles. The summed E-state index contributed by atoms with van der Waals surface area (Å²) in [5.74, 6) is 0.216. The zero-order valence-electron chi connectivity index (χ0n) is 13.3. The minimum absolute atomic E-state index is 0. The average molecular weight is 347 g/mol. The molecular weight excluding hydrogens is 328 g/mol. The Morgan fingerprint density at radius 3 is 2.25 bits per heavy atom. The van der Waals surface area contributed by atoms with E-state index >= 15 is 0 Å². The quantitative estimate of drug-likeness (QED) is 0.843. The third kappa shape index (κ3) is 3.42. The maximum Gasteiger partial charge on any atom is 0.261 e. The van der Waals surface area contributed by atoms with Crippen molar-refractivity contribution in [3.63, 3.8) is 0 Å². The first-order valence-electron chi connectivity index (χ1n) is 7.44. The largest absolute Gasteiger partial charge is 0.497 e. The second-order valence-electron chi connectivity index (χ2n) is 5.58. The second-order valence-corrected chi connectivity index (χ2v) is 5.58. The number of rotatable bonds is 5. The normalized spacial score (nSPS) is 14.2. The monoisotopic (exact) mass is 346 g/mol. The molecule has 2 N–H and O–H groups in total. The van der Waals surface area contributed by atoms with E-state index in [4.69, 9.17) is 10.5 Å². The number of methoxy groups -OCH3 is 1. The van der Waals surface area contributed by atoms with Crippen molar-refractivity contribution in [2.24, 2.45) is 5.73 Å². The second kappa shape index (κ2) is 7.47. The summed E-state index contributed by atoms with van der Waals surface area (Å²) in [5.41, 5.74) is 8.06. The molecule has 5 nitrogen and oxygen atoms in total. The number of fused-ring (bicyclic) bond motifs is 1. The molecule has 0 spiro atoms. The highest BCUT2D eigenvalue weighted by atomic mass is 35.5. The predicted octanol–water partition coefficient (Wildman–Crippen LogP) is 2.28. The molecule has 3 rings (SSSR count). The Kier molecular flexibility index (Phi) is 5.59. The van der Waals surface area contributed by atoms with E-state index in [-0.39, 0.29) is 36.8 Å². The van der Waals surface area contributed by atoms with E-state index in [1.54, 1.807) is 31.4 Å². The van der Waals surface area contributed by atoms with E-state index in [0.29, 0.717) is 17.5 Å². The first-order valence-corrected chi connectivity index (χ1v) is 7.44. The van der Waals surface area contributed by atoms with Crippen LogP contribution < -0.4 is 10.5 Å². The Bertz CT molecular complexity index is 728. The molecule has 0 radical (unpaired) electrons. The van der Waals surface area contributed by atoms with Crippen LogP contribution in [0.3, 0.4) is 0 Å². The molecule has 24 heavy (non-hydrogen) atoms. The topological polar surface area (TPSA) is 72.6 Å². The lowest BCUT2D eigenvalue weighted by atomic mass is 10.1. The number of hydrogen-bond acceptors (Lipinski definition) is 4. The van der Waals surface area contributed by atoms with E-state index in [2.05, 4.69) is 0 Å². The molecular formula is C18H19ClN2O3. The fourth-order valence-electron chi connectivity index (χ4n) is 2.81. The van der Waals surface area contributed by atoms with Gasteiger partial charge < -0.3 is 10.5 Å². The van der Waals surface area contributed by atoms with Gasteiger partial charge in [-0.2, -0.15) is 0 Å². The van der Waals surface area contributed by atoms with Crippen LogP contribution in [0.25, 0.3) is 0 Å². The predicted molar refractivity (Wildman–Crippen MR) is 93.7 cm³/mol. The van der Waals surface area contributed by atoms with Crippen molar-refractivity contribution in [2.75, 3.05) is 13.7 Å². The number of halogens is 1. The molecule has 2 aromatic carbocycles. The third-order valence-electron chi connectivity index (χ3n) is 3.93. The van der Waals surface area contributed by atoms with E-state index < -0.39 is 0 Å². The van der Waals surface area contributed by atoms with Crippen LogP contribution in [-0.4, -0.2) is 36.4 Å². The Balaban J connectivity index is 0.00000208. The van der Waals surface area contributed by atoms with Crippen LogP contribution in [0.15, 0.2) is 48.5 Å². The Hall–Kier alpha value is -2.37. The van der Waals surface area contributed by atoms with Gasteiger partial charge >= 0.3 is 0 Å². The highest BCUT2D eigenvalue weighted by Crippen LogP contribution is 2.23. The van der Waals surface area contributed by atoms with Gasteiger partial charge in [-0.3, -0.25) is 14.5 Å². The number of carbonyl (C=O) groups is 2. The first kappa shape index (κ1) is 18.0. The fourth-order valence-corrected chi connectivity index (χ4v) is 2.81.